The summed E-state index contributed by atoms with van der Waals surface area (Å²) in [6, 6.07) is 1.70. The number of aryl methyl sites for hydroxylation is 2. The molecular weight excluding hydrogens is 255 g/mol. The zero-order chi connectivity index (χ0) is 13.5. The molecule has 0 unspecified atom stereocenters. The van der Waals surface area contributed by atoms with Gasteiger partial charge in [-0.2, -0.15) is 10.1 Å². The summed E-state index contributed by atoms with van der Waals surface area (Å²) in [6.07, 6.45) is 1.62. The topological polar surface area (TPSA) is 43.6 Å². The lowest BCUT2D eigenvalue weighted by atomic mass is 10.1. The molecule has 0 radical (unpaired) electrons. The molecule has 0 aromatic carbocycles. The molecule has 4 nitrogen and oxygen atoms in total. The van der Waals surface area contributed by atoms with Gasteiger partial charge in [-0.3, -0.25) is 0 Å². The summed E-state index contributed by atoms with van der Waals surface area (Å²) >= 11 is 5.78. The van der Waals surface area contributed by atoms with Crippen molar-refractivity contribution in [1.29, 1.82) is 0 Å². The van der Waals surface area contributed by atoms with Crippen molar-refractivity contribution >= 4 is 11.6 Å². The minimum atomic E-state index is -1.49. The van der Waals surface area contributed by atoms with Crippen molar-refractivity contribution in [2.24, 2.45) is 0 Å². The molecule has 2 rings (SSSR count). The van der Waals surface area contributed by atoms with Crippen molar-refractivity contribution in [1.82, 2.24) is 19.7 Å². The molecule has 2 aromatic heterocycles. The van der Waals surface area contributed by atoms with E-state index in [1.54, 1.807) is 16.9 Å². The zero-order valence-corrected chi connectivity index (χ0v) is 11.5. The van der Waals surface area contributed by atoms with Crippen LogP contribution in [0, 0.1) is 13.8 Å². The highest BCUT2D eigenvalue weighted by Gasteiger charge is 2.24. The second kappa shape index (κ2) is 4.31. The molecule has 0 fully saturated rings. The number of hydrogen-bond donors (Lipinski definition) is 0. The fraction of sp³-hybridized carbons (Fsp3) is 0.417. The van der Waals surface area contributed by atoms with Crippen molar-refractivity contribution in [3.05, 3.63) is 34.5 Å². The van der Waals surface area contributed by atoms with Crippen molar-refractivity contribution < 1.29 is 4.39 Å². The van der Waals surface area contributed by atoms with E-state index in [-0.39, 0.29) is 5.28 Å². The molecule has 0 aliphatic carbocycles. The van der Waals surface area contributed by atoms with Gasteiger partial charge in [0.1, 0.15) is 5.67 Å². The van der Waals surface area contributed by atoms with Crippen LogP contribution in [0.15, 0.2) is 12.3 Å². The molecular formula is C12H14ClFN4. The highest BCUT2D eigenvalue weighted by Crippen LogP contribution is 2.25. The van der Waals surface area contributed by atoms with Gasteiger partial charge in [-0.25, -0.2) is 14.1 Å². The van der Waals surface area contributed by atoms with Gasteiger partial charge in [0.25, 0.3) is 0 Å². The third kappa shape index (κ3) is 2.36. The number of rotatable bonds is 2. The highest BCUT2D eigenvalue weighted by atomic mass is 35.5. The first-order chi connectivity index (χ1) is 8.29. The molecule has 2 heterocycles. The summed E-state index contributed by atoms with van der Waals surface area (Å²) < 4.78 is 15.5. The van der Waals surface area contributed by atoms with E-state index >= 15 is 0 Å². The Bertz CT molecular complexity index is 586. The fourth-order valence-corrected chi connectivity index (χ4v) is 1.73. The van der Waals surface area contributed by atoms with E-state index < -0.39 is 5.67 Å². The van der Waals surface area contributed by atoms with E-state index in [4.69, 9.17) is 11.6 Å². The average Bonchev–Trinajstić information content (AvgIpc) is 2.64. The second-order valence-electron chi connectivity index (χ2n) is 4.70. The van der Waals surface area contributed by atoms with Crippen molar-refractivity contribution in [2.75, 3.05) is 0 Å². The number of halogens is 2. The van der Waals surface area contributed by atoms with Gasteiger partial charge in [0.05, 0.1) is 5.69 Å². The minimum Gasteiger partial charge on any atom is -0.238 e. The number of alkyl halides is 1. The molecule has 0 aliphatic heterocycles. The van der Waals surface area contributed by atoms with Crippen LogP contribution in [-0.2, 0) is 5.67 Å². The van der Waals surface area contributed by atoms with Crippen LogP contribution >= 0.6 is 11.6 Å². The Morgan fingerprint density at radius 3 is 2.56 bits per heavy atom. The molecule has 0 N–H and O–H groups in total. The smallest absolute Gasteiger partial charge is 0.224 e. The number of hydrogen-bond acceptors (Lipinski definition) is 3. The molecule has 0 saturated heterocycles. The molecule has 6 heteroatoms. The van der Waals surface area contributed by atoms with E-state index in [1.807, 2.05) is 13.8 Å². The average molecular weight is 269 g/mol. The fourth-order valence-electron chi connectivity index (χ4n) is 1.61. The first kappa shape index (κ1) is 13.0. The van der Waals surface area contributed by atoms with E-state index in [2.05, 4.69) is 15.1 Å². The minimum absolute atomic E-state index is 0.145. The quantitative estimate of drug-likeness (QED) is 0.786. The van der Waals surface area contributed by atoms with Gasteiger partial charge in [0.15, 0.2) is 5.82 Å². The standard InChI is InChI=1S/C12H14ClFN4/c1-7-6-15-11(13)16-10(7)18-8(2)5-9(17-18)12(3,4)14/h5-6H,1-4H3. The van der Waals surface area contributed by atoms with Gasteiger partial charge >= 0.3 is 0 Å². The van der Waals surface area contributed by atoms with Crippen LogP contribution in [-0.4, -0.2) is 19.7 Å². The lowest BCUT2D eigenvalue weighted by Crippen LogP contribution is -2.12. The number of nitrogens with zero attached hydrogens (tertiary/aromatic N) is 4. The Labute approximate surface area is 110 Å². The molecule has 0 spiro atoms. The third-order valence-electron chi connectivity index (χ3n) is 2.61. The third-order valence-corrected chi connectivity index (χ3v) is 2.79. The summed E-state index contributed by atoms with van der Waals surface area (Å²) in [5.74, 6) is 0.572. The maximum absolute atomic E-state index is 13.9. The predicted molar refractivity (Wildman–Crippen MR) is 67.8 cm³/mol. The summed E-state index contributed by atoms with van der Waals surface area (Å²) in [7, 11) is 0. The Balaban J connectivity index is 2.58. The van der Waals surface area contributed by atoms with Crippen molar-refractivity contribution in [3.63, 3.8) is 0 Å². The van der Waals surface area contributed by atoms with Crippen LogP contribution in [0.25, 0.3) is 5.82 Å². The van der Waals surface area contributed by atoms with E-state index in [9.17, 15) is 4.39 Å². The first-order valence-corrected chi connectivity index (χ1v) is 5.92. The Hall–Kier alpha value is -1.49. The first-order valence-electron chi connectivity index (χ1n) is 5.54. The second-order valence-corrected chi connectivity index (χ2v) is 5.04. The highest BCUT2D eigenvalue weighted by molar-refractivity contribution is 6.28. The van der Waals surface area contributed by atoms with Gasteiger partial charge in [0, 0.05) is 17.5 Å². The molecule has 0 bridgehead atoms. The Morgan fingerprint density at radius 1 is 1.33 bits per heavy atom. The molecule has 0 aliphatic rings. The summed E-state index contributed by atoms with van der Waals surface area (Å²) in [5, 5.41) is 4.39. The predicted octanol–water partition coefficient (Wildman–Crippen LogP) is 3.14. The van der Waals surface area contributed by atoms with Crippen LogP contribution in [0.5, 0.6) is 0 Å². The monoisotopic (exact) mass is 268 g/mol. The normalized spacial score (nSPS) is 11.9. The van der Waals surface area contributed by atoms with Crippen LogP contribution in [0.2, 0.25) is 5.28 Å². The van der Waals surface area contributed by atoms with Crippen LogP contribution in [0.1, 0.15) is 30.8 Å². The van der Waals surface area contributed by atoms with Gasteiger partial charge in [-0.15, -0.1) is 0 Å². The van der Waals surface area contributed by atoms with Crippen LogP contribution in [0.3, 0.4) is 0 Å². The maximum Gasteiger partial charge on any atom is 0.224 e. The molecule has 2 aromatic rings. The van der Waals surface area contributed by atoms with Crippen molar-refractivity contribution in [2.45, 2.75) is 33.4 Å². The van der Waals surface area contributed by atoms with E-state index in [1.165, 1.54) is 13.8 Å². The van der Waals surface area contributed by atoms with Crippen LogP contribution < -0.4 is 0 Å². The number of aromatic nitrogens is 4. The lowest BCUT2D eigenvalue weighted by molar-refractivity contribution is 0.213. The molecule has 0 saturated carbocycles. The molecule has 18 heavy (non-hydrogen) atoms. The zero-order valence-electron chi connectivity index (χ0n) is 10.7. The molecule has 96 valence electrons. The van der Waals surface area contributed by atoms with Gasteiger partial charge in [-0.1, -0.05) is 0 Å². The largest absolute Gasteiger partial charge is 0.238 e. The Kier molecular flexibility index (Phi) is 3.11. The maximum atomic E-state index is 13.9. The summed E-state index contributed by atoms with van der Waals surface area (Å²) in [5.41, 5.74) is 0.511. The van der Waals surface area contributed by atoms with Crippen LogP contribution in [0.4, 0.5) is 4.39 Å². The molecule has 0 amide bonds. The van der Waals surface area contributed by atoms with Gasteiger partial charge in [-0.05, 0) is 45.4 Å². The summed E-state index contributed by atoms with van der Waals surface area (Å²) in [6.45, 7) is 6.64. The van der Waals surface area contributed by atoms with E-state index in [0.29, 0.717) is 11.5 Å². The van der Waals surface area contributed by atoms with Crippen molar-refractivity contribution in [3.8, 4) is 5.82 Å². The SMILES string of the molecule is Cc1cnc(Cl)nc1-n1nc(C(C)(C)F)cc1C. The lowest BCUT2D eigenvalue weighted by Gasteiger charge is -2.10. The van der Waals surface area contributed by atoms with E-state index in [0.717, 1.165) is 11.3 Å². The Morgan fingerprint density at radius 2 is 2.00 bits per heavy atom. The van der Waals surface area contributed by atoms with Gasteiger partial charge in [0.2, 0.25) is 5.28 Å². The molecule has 0 atom stereocenters. The van der Waals surface area contributed by atoms with Gasteiger partial charge < -0.3 is 0 Å². The summed E-state index contributed by atoms with van der Waals surface area (Å²) in [4.78, 5) is 8.02.